The first-order valence-electron chi connectivity index (χ1n) is 8.43. The number of ether oxygens (including phenoxy) is 1. The Kier molecular flexibility index (Phi) is 7.69. The predicted octanol–water partition coefficient (Wildman–Crippen LogP) is 3.21. The van der Waals surface area contributed by atoms with Crippen LogP contribution in [-0.2, 0) is 11.2 Å². The molecule has 0 aliphatic carbocycles. The van der Waals surface area contributed by atoms with Gasteiger partial charge in [-0.05, 0) is 43.2 Å². The van der Waals surface area contributed by atoms with Gasteiger partial charge in [0.05, 0.1) is 0 Å². The maximum absolute atomic E-state index is 6.19. The summed E-state index contributed by atoms with van der Waals surface area (Å²) in [5, 5.41) is 4.26. The predicted molar refractivity (Wildman–Crippen MR) is 97.3 cm³/mol. The lowest BCUT2D eigenvalue weighted by atomic mass is 9.96. The van der Waals surface area contributed by atoms with Crippen LogP contribution in [0.4, 0.5) is 0 Å². The van der Waals surface area contributed by atoms with Gasteiger partial charge in [0.1, 0.15) is 0 Å². The van der Waals surface area contributed by atoms with Crippen LogP contribution in [0.2, 0.25) is 5.02 Å². The van der Waals surface area contributed by atoms with Crippen molar-refractivity contribution < 1.29 is 4.74 Å². The average molecular weight is 338 g/mol. The van der Waals surface area contributed by atoms with E-state index in [1.807, 2.05) is 25.2 Å². The lowest BCUT2D eigenvalue weighted by Gasteiger charge is -2.26. The second-order valence-corrected chi connectivity index (χ2v) is 6.49. The van der Waals surface area contributed by atoms with Crippen molar-refractivity contribution in [2.75, 3.05) is 40.4 Å². The zero-order valence-electron chi connectivity index (χ0n) is 14.2. The summed E-state index contributed by atoms with van der Waals surface area (Å²) in [6.45, 7) is 3.69. The number of benzene rings is 1. The number of rotatable bonds is 6. The summed E-state index contributed by atoms with van der Waals surface area (Å²) >= 11 is 6.19. The molecule has 0 amide bonds. The highest BCUT2D eigenvalue weighted by atomic mass is 35.5. The van der Waals surface area contributed by atoms with E-state index in [0.717, 1.165) is 49.6 Å². The van der Waals surface area contributed by atoms with Crippen molar-refractivity contribution in [1.82, 2.24) is 10.2 Å². The van der Waals surface area contributed by atoms with Crippen LogP contribution < -0.4 is 5.32 Å². The zero-order chi connectivity index (χ0) is 16.5. The first kappa shape index (κ1) is 18.1. The summed E-state index contributed by atoms with van der Waals surface area (Å²) in [5.74, 6) is 1.73. The van der Waals surface area contributed by atoms with E-state index in [4.69, 9.17) is 16.3 Å². The summed E-state index contributed by atoms with van der Waals surface area (Å²) in [5.41, 5.74) is 1.17. The van der Waals surface area contributed by atoms with E-state index >= 15 is 0 Å². The molecule has 1 aromatic rings. The molecule has 1 saturated heterocycles. The van der Waals surface area contributed by atoms with E-state index < -0.39 is 0 Å². The second kappa shape index (κ2) is 9.78. The summed E-state index contributed by atoms with van der Waals surface area (Å²) in [6, 6.07) is 7.99. The van der Waals surface area contributed by atoms with Crippen LogP contribution >= 0.6 is 11.6 Å². The number of halogens is 1. The van der Waals surface area contributed by atoms with E-state index in [0.29, 0.717) is 0 Å². The Labute approximate surface area is 144 Å². The Morgan fingerprint density at radius 2 is 2.09 bits per heavy atom. The van der Waals surface area contributed by atoms with Crippen molar-refractivity contribution in [2.24, 2.45) is 10.9 Å². The highest BCUT2D eigenvalue weighted by molar-refractivity contribution is 6.31. The standard InChI is InChI=1S/C18H28ClN3O/c1-20-18(21-11-7-16-5-3-4-6-17(16)19)22(2)12-8-15-9-13-23-14-10-15/h3-6,15H,7-14H2,1-2H3,(H,20,21). The second-order valence-electron chi connectivity index (χ2n) is 6.08. The SMILES string of the molecule is CN=C(NCCc1ccccc1Cl)N(C)CCC1CCOCC1. The maximum Gasteiger partial charge on any atom is 0.193 e. The number of hydrogen-bond acceptors (Lipinski definition) is 2. The topological polar surface area (TPSA) is 36.9 Å². The van der Waals surface area contributed by atoms with Gasteiger partial charge in [-0.1, -0.05) is 29.8 Å². The molecular weight excluding hydrogens is 310 g/mol. The summed E-state index contributed by atoms with van der Waals surface area (Å²) < 4.78 is 5.42. The molecule has 23 heavy (non-hydrogen) atoms. The normalized spacial score (nSPS) is 16.4. The first-order valence-corrected chi connectivity index (χ1v) is 8.81. The third kappa shape index (κ3) is 6.04. The summed E-state index contributed by atoms with van der Waals surface area (Å²) in [6.07, 6.45) is 4.47. The average Bonchev–Trinajstić information content (AvgIpc) is 2.59. The number of nitrogens with zero attached hydrogens (tertiary/aromatic N) is 2. The number of nitrogens with one attached hydrogen (secondary N) is 1. The van der Waals surface area contributed by atoms with E-state index in [2.05, 4.69) is 28.3 Å². The van der Waals surface area contributed by atoms with Gasteiger partial charge in [-0.15, -0.1) is 0 Å². The fourth-order valence-corrected chi connectivity index (χ4v) is 3.14. The van der Waals surface area contributed by atoms with Crippen molar-refractivity contribution >= 4 is 17.6 Å². The van der Waals surface area contributed by atoms with E-state index in [1.54, 1.807) is 0 Å². The molecule has 0 radical (unpaired) electrons. The molecule has 1 heterocycles. The molecule has 128 valence electrons. The Morgan fingerprint density at radius 1 is 1.35 bits per heavy atom. The molecule has 1 aliphatic rings. The monoisotopic (exact) mass is 337 g/mol. The van der Waals surface area contributed by atoms with E-state index in [-0.39, 0.29) is 0 Å². The molecule has 1 aliphatic heterocycles. The lowest BCUT2D eigenvalue weighted by Crippen LogP contribution is -2.40. The third-order valence-electron chi connectivity index (χ3n) is 4.42. The lowest BCUT2D eigenvalue weighted by molar-refractivity contribution is 0.0625. The summed E-state index contributed by atoms with van der Waals surface area (Å²) in [4.78, 5) is 6.59. The fourth-order valence-electron chi connectivity index (χ4n) is 2.91. The van der Waals surface area contributed by atoms with Crippen LogP contribution in [0.1, 0.15) is 24.8 Å². The van der Waals surface area contributed by atoms with Gasteiger partial charge in [0.25, 0.3) is 0 Å². The van der Waals surface area contributed by atoms with Crippen molar-refractivity contribution in [1.29, 1.82) is 0 Å². The van der Waals surface area contributed by atoms with Gasteiger partial charge >= 0.3 is 0 Å². The van der Waals surface area contributed by atoms with Gasteiger partial charge in [-0.3, -0.25) is 4.99 Å². The van der Waals surface area contributed by atoms with Gasteiger partial charge in [0, 0.05) is 45.4 Å². The Morgan fingerprint density at radius 3 is 2.78 bits per heavy atom. The Bertz CT molecular complexity index is 501. The molecular formula is C18H28ClN3O. The Balaban J connectivity index is 1.72. The minimum Gasteiger partial charge on any atom is -0.381 e. The maximum atomic E-state index is 6.19. The number of hydrogen-bond donors (Lipinski definition) is 1. The largest absolute Gasteiger partial charge is 0.381 e. The van der Waals surface area contributed by atoms with Gasteiger partial charge in [-0.25, -0.2) is 0 Å². The van der Waals surface area contributed by atoms with Gasteiger partial charge in [-0.2, -0.15) is 0 Å². The number of aliphatic imine (C=N–C) groups is 1. The minimum atomic E-state index is 0.785. The molecule has 1 aromatic carbocycles. The highest BCUT2D eigenvalue weighted by Crippen LogP contribution is 2.18. The van der Waals surface area contributed by atoms with Gasteiger partial charge in [0.2, 0.25) is 0 Å². The van der Waals surface area contributed by atoms with Crippen molar-refractivity contribution in [3.63, 3.8) is 0 Å². The van der Waals surface area contributed by atoms with Crippen LogP contribution in [0.15, 0.2) is 29.3 Å². The molecule has 4 nitrogen and oxygen atoms in total. The molecule has 0 saturated carbocycles. The fraction of sp³-hybridized carbons (Fsp3) is 0.611. The molecule has 0 spiro atoms. The third-order valence-corrected chi connectivity index (χ3v) is 4.79. The molecule has 1 N–H and O–H groups in total. The molecule has 5 heteroatoms. The highest BCUT2D eigenvalue weighted by Gasteiger charge is 2.15. The zero-order valence-corrected chi connectivity index (χ0v) is 15.0. The quantitative estimate of drug-likeness (QED) is 0.639. The minimum absolute atomic E-state index is 0.785. The van der Waals surface area contributed by atoms with Crippen LogP contribution in [0.3, 0.4) is 0 Å². The van der Waals surface area contributed by atoms with E-state index in [9.17, 15) is 0 Å². The van der Waals surface area contributed by atoms with Crippen molar-refractivity contribution in [3.8, 4) is 0 Å². The van der Waals surface area contributed by atoms with Crippen LogP contribution in [0.5, 0.6) is 0 Å². The smallest absolute Gasteiger partial charge is 0.193 e. The van der Waals surface area contributed by atoms with Gasteiger partial charge in [0.15, 0.2) is 5.96 Å². The molecule has 2 rings (SSSR count). The molecule has 0 atom stereocenters. The molecule has 0 bridgehead atoms. The van der Waals surface area contributed by atoms with Crippen molar-refractivity contribution in [2.45, 2.75) is 25.7 Å². The van der Waals surface area contributed by atoms with Crippen LogP contribution in [-0.4, -0.2) is 51.3 Å². The molecule has 1 fully saturated rings. The van der Waals surface area contributed by atoms with Gasteiger partial charge < -0.3 is 15.0 Å². The number of guanidine groups is 1. The van der Waals surface area contributed by atoms with Crippen molar-refractivity contribution in [3.05, 3.63) is 34.9 Å². The summed E-state index contributed by atoms with van der Waals surface area (Å²) in [7, 11) is 3.94. The van der Waals surface area contributed by atoms with Crippen LogP contribution in [0.25, 0.3) is 0 Å². The van der Waals surface area contributed by atoms with Crippen LogP contribution in [0, 0.1) is 5.92 Å². The van der Waals surface area contributed by atoms with E-state index in [1.165, 1.54) is 24.8 Å². The molecule has 0 unspecified atom stereocenters. The molecule has 0 aromatic heterocycles. The first-order chi connectivity index (χ1) is 11.2. The Hall–Kier alpha value is -1.26.